The van der Waals surface area contributed by atoms with E-state index in [0.717, 1.165) is 25.1 Å². The van der Waals surface area contributed by atoms with Crippen molar-refractivity contribution in [1.29, 1.82) is 0 Å². The van der Waals surface area contributed by atoms with Crippen molar-refractivity contribution in [1.82, 2.24) is 5.32 Å². The molecule has 0 radical (unpaired) electrons. The van der Waals surface area contributed by atoms with Gasteiger partial charge in [-0.15, -0.1) is 0 Å². The van der Waals surface area contributed by atoms with Crippen molar-refractivity contribution in [3.05, 3.63) is 11.8 Å². The molecule has 0 bridgehead atoms. The Morgan fingerprint density at radius 2 is 2.19 bits per heavy atom. The molecular formula is C12H19NO3. The van der Waals surface area contributed by atoms with Crippen LogP contribution >= 0.6 is 0 Å². The molecule has 0 amide bonds. The fourth-order valence-electron chi connectivity index (χ4n) is 1.61. The minimum Gasteiger partial charge on any atom is -0.469 e. The first-order valence-electron chi connectivity index (χ1n) is 5.51. The number of allylic oxidation sites excluding steroid dienone is 2. The standard InChI is InChI=1S/C12H19NO3/c1-12(2,8-11(15)16-3)10(14)7-9-5-4-6-13-9/h7,13H,4-6,8H2,1-3H3/b9-7+. The minimum atomic E-state index is -0.690. The maximum absolute atomic E-state index is 11.9. The van der Waals surface area contributed by atoms with Gasteiger partial charge in [-0.05, 0) is 12.8 Å². The first-order chi connectivity index (χ1) is 7.45. The number of carbonyl (C=O) groups is 2. The van der Waals surface area contributed by atoms with E-state index in [1.165, 1.54) is 7.11 Å². The van der Waals surface area contributed by atoms with E-state index in [9.17, 15) is 9.59 Å². The van der Waals surface area contributed by atoms with Crippen LogP contribution in [-0.4, -0.2) is 25.4 Å². The monoisotopic (exact) mass is 225 g/mol. The third-order valence-corrected chi connectivity index (χ3v) is 2.76. The number of carbonyl (C=O) groups excluding carboxylic acids is 2. The molecule has 1 saturated heterocycles. The van der Waals surface area contributed by atoms with Crippen molar-refractivity contribution in [2.24, 2.45) is 5.41 Å². The summed E-state index contributed by atoms with van der Waals surface area (Å²) < 4.78 is 4.58. The SMILES string of the molecule is COC(=O)CC(C)(C)C(=O)/C=C1\CCCN1. The van der Waals surface area contributed by atoms with E-state index in [4.69, 9.17) is 0 Å². The number of rotatable bonds is 4. The smallest absolute Gasteiger partial charge is 0.306 e. The predicted molar refractivity (Wildman–Crippen MR) is 60.7 cm³/mol. The van der Waals surface area contributed by atoms with E-state index in [-0.39, 0.29) is 18.2 Å². The van der Waals surface area contributed by atoms with E-state index < -0.39 is 5.41 Å². The van der Waals surface area contributed by atoms with Gasteiger partial charge in [0.1, 0.15) is 0 Å². The Morgan fingerprint density at radius 1 is 1.50 bits per heavy atom. The lowest BCUT2D eigenvalue weighted by molar-refractivity contribution is -0.145. The van der Waals surface area contributed by atoms with Crippen LogP contribution < -0.4 is 5.32 Å². The summed E-state index contributed by atoms with van der Waals surface area (Å²) in [6, 6.07) is 0. The van der Waals surface area contributed by atoms with Gasteiger partial charge >= 0.3 is 5.97 Å². The lowest BCUT2D eigenvalue weighted by Crippen LogP contribution is -2.27. The fraction of sp³-hybridized carbons (Fsp3) is 0.667. The number of ether oxygens (including phenoxy) is 1. The normalized spacial score (nSPS) is 18.3. The van der Waals surface area contributed by atoms with E-state index in [1.54, 1.807) is 19.9 Å². The molecule has 1 aliphatic rings. The van der Waals surface area contributed by atoms with Crippen molar-refractivity contribution in [2.75, 3.05) is 13.7 Å². The average molecular weight is 225 g/mol. The Bertz CT molecular complexity index is 310. The number of hydrogen-bond donors (Lipinski definition) is 1. The molecule has 0 saturated carbocycles. The van der Waals surface area contributed by atoms with Crippen LogP contribution in [0, 0.1) is 5.41 Å². The molecule has 4 nitrogen and oxygen atoms in total. The summed E-state index contributed by atoms with van der Waals surface area (Å²) in [5.41, 5.74) is 0.285. The molecule has 90 valence electrons. The molecule has 1 fully saturated rings. The Hall–Kier alpha value is -1.32. The van der Waals surface area contributed by atoms with Crippen LogP contribution in [0.25, 0.3) is 0 Å². The molecule has 0 spiro atoms. The molecule has 1 aliphatic heterocycles. The molecule has 1 rings (SSSR count). The van der Waals surface area contributed by atoms with Gasteiger partial charge in [-0.1, -0.05) is 13.8 Å². The van der Waals surface area contributed by atoms with Crippen molar-refractivity contribution < 1.29 is 14.3 Å². The molecule has 1 heterocycles. The van der Waals surface area contributed by atoms with Gasteiger partial charge in [0.05, 0.1) is 13.5 Å². The zero-order chi connectivity index (χ0) is 12.2. The Morgan fingerprint density at radius 3 is 2.69 bits per heavy atom. The quantitative estimate of drug-likeness (QED) is 0.580. The van der Waals surface area contributed by atoms with Crippen LogP contribution in [0.4, 0.5) is 0 Å². The third-order valence-electron chi connectivity index (χ3n) is 2.76. The molecule has 0 unspecified atom stereocenters. The largest absolute Gasteiger partial charge is 0.469 e. The summed E-state index contributed by atoms with van der Waals surface area (Å²) in [5.74, 6) is -0.376. The van der Waals surface area contributed by atoms with Gasteiger partial charge in [-0.3, -0.25) is 9.59 Å². The van der Waals surface area contributed by atoms with Crippen LogP contribution in [0.3, 0.4) is 0 Å². The van der Waals surface area contributed by atoms with Crippen LogP contribution in [0.1, 0.15) is 33.1 Å². The maximum atomic E-state index is 11.9. The summed E-state index contributed by atoms with van der Waals surface area (Å²) in [6.07, 6.45) is 3.72. The summed E-state index contributed by atoms with van der Waals surface area (Å²) in [6.45, 7) is 4.45. The van der Waals surface area contributed by atoms with Crippen molar-refractivity contribution in [3.63, 3.8) is 0 Å². The Balaban J connectivity index is 2.63. The van der Waals surface area contributed by atoms with Gasteiger partial charge < -0.3 is 10.1 Å². The lowest BCUT2D eigenvalue weighted by Gasteiger charge is -2.19. The Labute approximate surface area is 96.0 Å². The molecule has 4 heteroatoms. The average Bonchev–Trinajstić information content (AvgIpc) is 2.69. The summed E-state index contributed by atoms with van der Waals surface area (Å²) in [7, 11) is 1.33. The lowest BCUT2D eigenvalue weighted by atomic mass is 9.84. The molecule has 1 N–H and O–H groups in total. The van der Waals surface area contributed by atoms with Crippen LogP contribution in [-0.2, 0) is 14.3 Å². The van der Waals surface area contributed by atoms with Crippen molar-refractivity contribution >= 4 is 11.8 Å². The second-order valence-corrected chi connectivity index (χ2v) is 4.70. The Kier molecular flexibility index (Phi) is 4.10. The number of methoxy groups -OCH3 is 1. The fourth-order valence-corrected chi connectivity index (χ4v) is 1.61. The molecule has 0 aliphatic carbocycles. The molecule has 0 atom stereocenters. The highest BCUT2D eigenvalue weighted by atomic mass is 16.5. The predicted octanol–water partition coefficient (Wildman–Crippen LogP) is 1.41. The van der Waals surface area contributed by atoms with E-state index in [0.29, 0.717) is 0 Å². The van der Waals surface area contributed by atoms with Crippen molar-refractivity contribution in [3.8, 4) is 0 Å². The molecule has 16 heavy (non-hydrogen) atoms. The van der Waals surface area contributed by atoms with E-state index in [1.807, 2.05) is 0 Å². The highest BCUT2D eigenvalue weighted by molar-refractivity contribution is 5.97. The molecule has 0 aromatic rings. The summed E-state index contributed by atoms with van der Waals surface area (Å²) >= 11 is 0. The first kappa shape index (κ1) is 12.7. The maximum Gasteiger partial charge on any atom is 0.306 e. The minimum absolute atomic E-state index is 0.0256. The summed E-state index contributed by atoms with van der Waals surface area (Å²) in [4.78, 5) is 23.1. The van der Waals surface area contributed by atoms with Crippen LogP contribution in [0.2, 0.25) is 0 Å². The molecular weight excluding hydrogens is 206 g/mol. The highest BCUT2D eigenvalue weighted by Crippen LogP contribution is 2.24. The molecule has 0 aromatic heterocycles. The topological polar surface area (TPSA) is 55.4 Å². The zero-order valence-electron chi connectivity index (χ0n) is 10.1. The first-order valence-corrected chi connectivity index (χ1v) is 5.51. The second kappa shape index (κ2) is 5.14. The summed E-state index contributed by atoms with van der Waals surface area (Å²) in [5, 5.41) is 3.15. The molecule has 0 aromatic carbocycles. The zero-order valence-corrected chi connectivity index (χ0v) is 10.1. The number of ketones is 1. The van der Waals surface area contributed by atoms with Crippen LogP contribution in [0.15, 0.2) is 11.8 Å². The van der Waals surface area contributed by atoms with Gasteiger partial charge in [-0.25, -0.2) is 0 Å². The van der Waals surface area contributed by atoms with Gasteiger partial charge in [0, 0.05) is 23.7 Å². The van der Waals surface area contributed by atoms with E-state index in [2.05, 4.69) is 10.1 Å². The van der Waals surface area contributed by atoms with E-state index >= 15 is 0 Å². The third kappa shape index (κ3) is 3.36. The van der Waals surface area contributed by atoms with Gasteiger partial charge in [0.25, 0.3) is 0 Å². The van der Waals surface area contributed by atoms with Gasteiger partial charge in [0.2, 0.25) is 0 Å². The number of hydrogen-bond acceptors (Lipinski definition) is 4. The second-order valence-electron chi connectivity index (χ2n) is 4.70. The van der Waals surface area contributed by atoms with Crippen LogP contribution in [0.5, 0.6) is 0 Å². The van der Waals surface area contributed by atoms with Gasteiger partial charge in [0.15, 0.2) is 5.78 Å². The van der Waals surface area contributed by atoms with Crippen molar-refractivity contribution in [2.45, 2.75) is 33.1 Å². The van der Waals surface area contributed by atoms with Gasteiger partial charge in [-0.2, -0.15) is 0 Å². The highest BCUT2D eigenvalue weighted by Gasteiger charge is 2.29. The number of nitrogens with one attached hydrogen (secondary N) is 1. The number of esters is 1.